The van der Waals surface area contributed by atoms with Gasteiger partial charge in [0.2, 0.25) is 0 Å². The van der Waals surface area contributed by atoms with Crippen molar-refractivity contribution in [2.24, 2.45) is 0 Å². The Labute approximate surface area is 192 Å². The first-order valence-corrected chi connectivity index (χ1v) is 11.0. The van der Waals surface area contributed by atoms with Crippen molar-refractivity contribution in [1.82, 2.24) is 14.3 Å². The van der Waals surface area contributed by atoms with E-state index in [0.29, 0.717) is 9.97 Å². The fraction of sp³-hybridized carbons (Fsp3) is 0.182. The number of benzene rings is 1. The third kappa shape index (κ3) is 4.57. The molecule has 2 N–H and O–H groups in total. The first kappa shape index (κ1) is 22.1. The minimum Gasteiger partial charge on any atom is -0.392 e. The number of aliphatic hydroxyl groups excluding tert-OH is 1. The standard InChI is InChI=1S/C22H19FN4O3S2/c1-13(28)11-24-19-16(20(29)26-9-3-2-4-18(26)25-19)10-17-21(30)27(22(31)32-17)12-14-5-7-15(23)8-6-14/h2-10,13,24,28H,11-12H2,1H3/b17-10-. The summed E-state index contributed by atoms with van der Waals surface area (Å²) in [7, 11) is 0. The van der Waals surface area contributed by atoms with Crippen molar-refractivity contribution in [2.45, 2.75) is 19.6 Å². The van der Waals surface area contributed by atoms with Crippen molar-refractivity contribution in [2.75, 3.05) is 11.9 Å². The molecular formula is C22H19FN4O3S2. The maximum atomic E-state index is 13.2. The van der Waals surface area contributed by atoms with E-state index in [1.54, 1.807) is 43.5 Å². The van der Waals surface area contributed by atoms with Crippen LogP contribution in [0.15, 0.2) is 58.4 Å². The number of aliphatic hydroxyl groups is 1. The minimum absolute atomic E-state index is 0.182. The van der Waals surface area contributed by atoms with Gasteiger partial charge in [-0.1, -0.05) is 42.2 Å². The summed E-state index contributed by atoms with van der Waals surface area (Å²) in [5.74, 6) is -0.435. The van der Waals surface area contributed by atoms with E-state index in [4.69, 9.17) is 12.2 Å². The van der Waals surface area contributed by atoms with E-state index in [0.717, 1.165) is 17.3 Å². The van der Waals surface area contributed by atoms with Gasteiger partial charge >= 0.3 is 0 Å². The molecule has 0 saturated carbocycles. The van der Waals surface area contributed by atoms with Gasteiger partial charge in [0.25, 0.3) is 11.5 Å². The number of aromatic nitrogens is 2. The number of nitrogens with zero attached hydrogens (tertiary/aromatic N) is 3. The summed E-state index contributed by atoms with van der Waals surface area (Å²) in [6.07, 6.45) is 2.41. The molecule has 1 aromatic carbocycles. The molecular weight excluding hydrogens is 451 g/mol. The highest BCUT2D eigenvalue weighted by molar-refractivity contribution is 8.26. The molecule has 3 heterocycles. The number of hydrogen-bond donors (Lipinski definition) is 2. The Balaban J connectivity index is 1.71. The maximum Gasteiger partial charge on any atom is 0.267 e. The molecule has 0 radical (unpaired) electrons. The Morgan fingerprint density at radius 2 is 2.00 bits per heavy atom. The number of anilines is 1. The fourth-order valence-corrected chi connectivity index (χ4v) is 4.39. The number of amides is 1. The maximum absolute atomic E-state index is 13.2. The van der Waals surface area contributed by atoms with E-state index in [9.17, 15) is 19.1 Å². The quantitative estimate of drug-likeness (QED) is 0.423. The molecule has 0 bridgehead atoms. The topological polar surface area (TPSA) is 86.9 Å². The molecule has 32 heavy (non-hydrogen) atoms. The van der Waals surface area contributed by atoms with Gasteiger partial charge in [-0.25, -0.2) is 9.37 Å². The van der Waals surface area contributed by atoms with Crippen LogP contribution < -0.4 is 10.9 Å². The molecule has 2 aromatic heterocycles. The van der Waals surface area contributed by atoms with Gasteiger partial charge in [-0.05, 0) is 42.8 Å². The summed E-state index contributed by atoms with van der Waals surface area (Å²) in [6.45, 7) is 1.99. The van der Waals surface area contributed by atoms with Crippen LogP contribution in [0.4, 0.5) is 10.2 Å². The molecule has 1 aliphatic heterocycles. The third-order valence-corrected chi connectivity index (χ3v) is 6.11. The highest BCUT2D eigenvalue weighted by Gasteiger charge is 2.32. The summed E-state index contributed by atoms with van der Waals surface area (Å²) in [6, 6.07) is 11.0. The van der Waals surface area contributed by atoms with Crippen LogP contribution in [0.2, 0.25) is 0 Å². The molecule has 4 rings (SSSR count). The van der Waals surface area contributed by atoms with E-state index >= 15 is 0 Å². The molecule has 10 heteroatoms. The minimum atomic E-state index is -0.659. The fourth-order valence-electron chi connectivity index (χ4n) is 3.15. The van der Waals surface area contributed by atoms with Gasteiger partial charge in [0.1, 0.15) is 21.6 Å². The van der Waals surface area contributed by atoms with Gasteiger partial charge in [-0.2, -0.15) is 0 Å². The van der Waals surface area contributed by atoms with Gasteiger partial charge in [0.05, 0.1) is 23.1 Å². The van der Waals surface area contributed by atoms with Crippen molar-refractivity contribution >= 4 is 51.7 Å². The van der Waals surface area contributed by atoms with Crippen LogP contribution in [-0.4, -0.2) is 42.3 Å². The normalized spacial score (nSPS) is 16.2. The van der Waals surface area contributed by atoms with Crippen LogP contribution in [0.5, 0.6) is 0 Å². The van der Waals surface area contributed by atoms with Crippen LogP contribution in [0.25, 0.3) is 11.7 Å². The lowest BCUT2D eigenvalue weighted by atomic mass is 10.2. The predicted octanol–water partition coefficient (Wildman–Crippen LogP) is 3.03. The number of carbonyl (C=O) groups excluding carboxylic acids is 1. The zero-order valence-corrected chi connectivity index (χ0v) is 18.6. The van der Waals surface area contributed by atoms with E-state index in [1.165, 1.54) is 27.5 Å². The molecule has 0 aliphatic carbocycles. The highest BCUT2D eigenvalue weighted by atomic mass is 32.2. The SMILES string of the molecule is CC(O)CNc1nc2ccccn2c(=O)c1/C=C1\SC(=S)N(Cc2ccc(F)cc2)C1=O. The smallest absolute Gasteiger partial charge is 0.267 e. The highest BCUT2D eigenvalue weighted by Crippen LogP contribution is 2.34. The van der Waals surface area contributed by atoms with Crippen LogP contribution in [0.1, 0.15) is 18.1 Å². The summed E-state index contributed by atoms with van der Waals surface area (Å²) in [5.41, 5.74) is 1.01. The van der Waals surface area contributed by atoms with Crippen LogP contribution >= 0.6 is 24.0 Å². The molecule has 1 aliphatic rings. The number of hydrogen-bond acceptors (Lipinski definition) is 7. The number of rotatable bonds is 6. The van der Waals surface area contributed by atoms with Gasteiger partial charge in [-0.15, -0.1) is 0 Å². The predicted molar refractivity (Wildman–Crippen MR) is 127 cm³/mol. The van der Waals surface area contributed by atoms with Crippen molar-refractivity contribution in [3.63, 3.8) is 0 Å². The Kier molecular flexibility index (Phi) is 6.35. The Bertz CT molecular complexity index is 1290. The average Bonchev–Trinajstić information content (AvgIpc) is 3.03. The van der Waals surface area contributed by atoms with Crippen molar-refractivity contribution in [3.8, 4) is 0 Å². The lowest BCUT2D eigenvalue weighted by Crippen LogP contribution is -2.27. The van der Waals surface area contributed by atoms with E-state index in [2.05, 4.69) is 10.3 Å². The summed E-state index contributed by atoms with van der Waals surface area (Å²) < 4.78 is 14.9. The molecule has 1 fully saturated rings. The first-order valence-electron chi connectivity index (χ1n) is 9.76. The second-order valence-corrected chi connectivity index (χ2v) is 8.91. The number of halogens is 1. The molecule has 1 saturated heterocycles. The van der Waals surface area contributed by atoms with Gasteiger partial charge < -0.3 is 10.4 Å². The second kappa shape index (κ2) is 9.19. The summed E-state index contributed by atoms with van der Waals surface area (Å²) in [4.78, 5) is 32.4. The Hall–Kier alpha value is -3.08. The number of carbonyl (C=O) groups is 1. The zero-order valence-electron chi connectivity index (χ0n) is 17.0. The lowest BCUT2D eigenvalue weighted by Gasteiger charge is -2.14. The summed E-state index contributed by atoms with van der Waals surface area (Å²) in [5, 5.41) is 12.6. The van der Waals surface area contributed by atoms with Crippen LogP contribution in [-0.2, 0) is 11.3 Å². The molecule has 1 amide bonds. The lowest BCUT2D eigenvalue weighted by molar-refractivity contribution is -0.122. The Morgan fingerprint density at radius 1 is 1.25 bits per heavy atom. The number of nitrogens with one attached hydrogen (secondary N) is 1. The molecule has 1 atom stereocenters. The summed E-state index contributed by atoms with van der Waals surface area (Å²) >= 11 is 6.46. The molecule has 164 valence electrons. The van der Waals surface area contributed by atoms with E-state index in [-0.39, 0.29) is 46.7 Å². The van der Waals surface area contributed by atoms with Crippen LogP contribution in [0, 0.1) is 5.82 Å². The van der Waals surface area contributed by atoms with E-state index in [1.807, 2.05) is 0 Å². The third-order valence-electron chi connectivity index (χ3n) is 4.74. The number of thioether (sulfide) groups is 1. The number of pyridine rings is 1. The number of thiocarbonyl (C=S) groups is 1. The van der Waals surface area contributed by atoms with Gasteiger partial charge in [-0.3, -0.25) is 18.9 Å². The second-order valence-electron chi connectivity index (χ2n) is 7.23. The molecule has 0 spiro atoms. The van der Waals surface area contributed by atoms with Crippen molar-refractivity contribution in [3.05, 3.63) is 80.9 Å². The largest absolute Gasteiger partial charge is 0.392 e. The van der Waals surface area contributed by atoms with Gasteiger partial charge in [0, 0.05) is 12.7 Å². The monoisotopic (exact) mass is 470 g/mol. The molecule has 7 nitrogen and oxygen atoms in total. The zero-order chi connectivity index (χ0) is 22.8. The molecule has 3 aromatic rings. The average molecular weight is 471 g/mol. The first-order chi connectivity index (χ1) is 15.3. The van der Waals surface area contributed by atoms with Crippen molar-refractivity contribution < 1.29 is 14.3 Å². The van der Waals surface area contributed by atoms with Crippen molar-refractivity contribution in [1.29, 1.82) is 0 Å². The van der Waals surface area contributed by atoms with E-state index < -0.39 is 6.10 Å². The van der Waals surface area contributed by atoms with Crippen LogP contribution in [0.3, 0.4) is 0 Å². The number of fused-ring (bicyclic) bond motifs is 1. The van der Waals surface area contributed by atoms with Gasteiger partial charge in [0.15, 0.2) is 0 Å². The Morgan fingerprint density at radius 3 is 2.72 bits per heavy atom. The molecule has 1 unspecified atom stereocenters.